The maximum atomic E-state index is 11.6. The fourth-order valence-corrected chi connectivity index (χ4v) is 5.40. The number of hydrogen-bond donors (Lipinski definition) is 3. The number of ether oxygens (including phenoxy) is 1. The molecule has 31 heavy (non-hydrogen) atoms. The molecule has 8 nitrogen and oxygen atoms in total. The first-order valence-corrected chi connectivity index (χ1v) is 12.4. The van der Waals surface area contributed by atoms with Gasteiger partial charge in [-0.3, -0.25) is 0 Å². The van der Waals surface area contributed by atoms with Crippen LogP contribution in [0.25, 0.3) is 21.1 Å². The zero-order valence-electron chi connectivity index (χ0n) is 17.3. The Labute approximate surface area is 185 Å². The first-order chi connectivity index (χ1) is 14.7. The fraction of sp³-hybridized carbons (Fsp3) is 0.333. The highest BCUT2D eigenvalue weighted by Gasteiger charge is 2.26. The number of fused-ring (bicyclic) bond motifs is 1. The normalized spacial score (nSPS) is 16.3. The molecule has 0 amide bonds. The van der Waals surface area contributed by atoms with E-state index in [2.05, 4.69) is 14.9 Å². The Morgan fingerprint density at radius 2 is 1.97 bits per heavy atom. The van der Waals surface area contributed by atoms with Crippen LogP contribution >= 0.6 is 11.3 Å². The molecule has 2 aromatic carbocycles. The Morgan fingerprint density at radius 1 is 1.19 bits per heavy atom. The standard InChI is InChI=1S/C21H25N5O3S2/c1-12(2)29-19-10-9-13(11-17(19)22)20-24-25-21(30-20)16-7-3-6-15-14(16)5-4-8-18(15)26-31(23,27)28/h3,6-7,9-12,18,26H,4-5,8,22H2,1-2H3,(H2,23,27,28). The summed E-state index contributed by atoms with van der Waals surface area (Å²) in [7, 11) is -3.79. The average Bonchev–Trinajstić information content (AvgIpc) is 3.18. The lowest BCUT2D eigenvalue weighted by molar-refractivity contribution is 0.244. The van der Waals surface area contributed by atoms with E-state index in [4.69, 9.17) is 15.6 Å². The lowest BCUT2D eigenvalue weighted by Crippen LogP contribution is -2.35. The molecule has 1 heterocycles. The summed E-state index contributed by atoms with van der Waals surface area (Å²) in [5, 5.41) is 15.5. The van der Waals surface area contributed by atoms with Crippen LogP contribution in [0, 0.1) is 0 Å². The molecule has 0 saturated carbocycles. The van der Waals surface area contributed by atoms with E-state index in [0.29, 0.717) is 17.9 Å². The van der Waals surface area contributed by atoms with E-state index < -0.39 is 10.2 Å². The van der Waals surface area contributed by atoms with E-state index in [-0.39, 0.29) is 12.1 Å². The van der Waals surface area contributed by atoms with Crippen molar-refractivity contribution in [3.05, 3.63) is 47.5 Å². The Morgan fingerprint density at radius 3 is 2.68 bits per heavy atom. The average molecular weight is 460 g/mol. The van der Waals surface area contributed by atoms with Crippen molar-refractivity contribution in [2.75, 3.05) is 5.73 Å². The molecule has 0 radical (unpaired) electrons. The molecule has 0 saturated heterocycles. The zero-order valence-corrected chi connectivity index (χ0v) is 19.0. The van der Waals surface area contributed by atoms with E-state index in [0.717, 1.165) is 45.1 Å². The quantitative estimate of drug-likeness (QED) is 0.484. The van der Waals surface area contributed by atoms with Gasteiger partial charge in [0.25, 0.3) is 10.2 Å². The first kappa shape index (κ1) is 21.7. The van der Waals surface area contributed by atoms with Gasteiger partial charge in [-0.05, 0) is 62.4 Å². The molecule has 0 aliphatic heterocycles. The van der Waals surface area contributed by atoms with Crippen molar-refractivity contribution in [2.45, 2.75) is 45.3 Å². The van der Waals surface area contributed by atoms with Crippen molar-refractivity contribution in [2.24, 2.45) is 5.14 Å². The topological polar surface area (TPSA) is 133 Å². The summed E-state index contributed by atoms with van der Waals surface area (Å²) in [5.74, 6) is 0.647. The van der Waals surface area contributed by atoms with Crippen LogP contribution in [0.15, 0.2) is 36.4 Å². The number of nitrogens with one attached hydrogen (secondary N) is 1. The van der Waals surface area contributed by atoms with E-state index in [9.17, 15) is 8.42 Å². The molecular weight excluding hydrogens is 434 g/mol. The predicted octanol–water partition coefficient (Wildman–Crippen LogP) is 3.41. The van der Waals surface area contributed by atoms with Crippen LogP contribution in [0.2, 0.25) is 0 Å². The van der Waals surface area contributed by atoms with Crippen molar-refractivity contribution < 1.29 is 13.2 Å². The van der Waals surface area contributed by atoms with E-state index in [1.54, 1.807) is 0 Å². The van der Waals surface area contributed by atoms with Gasteiger partial charge in [-0.2, -0.15) is 13.1 Å². The second-order valence-electron chi connectivity index (χ2n) is 7.81. The monoisotopic (exact) mass is 459 g/mol. The lowest BCUT2D eigenvalue weighted by Gasteiger charge is -2.26. The van der Waals surface area contributed by atoms with Gasteiger partial charge in [0.15, 0.2) is 0 Å². The molecule has 4 rings (SSSR count). The van der Waals surface area contributed by atoms with Gasteiger partial charge in [-0.1, -0.05) is 29.5 Å². The van der Waals surface area contributed by atoms with E-state index in [1.807, 2.05) is 50.2 Å². The SMILES string of the molecule is CC(C)Oc1ccc(-c2nnc(-c3cccc4c3CCCC4NS(N)(=O)=O)s2)cc1N. The summed E-state index contributed by atoms with van der Waals surface area (Å²) in [4.78, 5) is 0. The van der Waals surface area contributed by atoms with Gasteiger partial charge in [0.05, 0.1) is 11.8 Å². The molecule has 3 aromatic rings. The summed E-state index contributed by atoms with van der Waals surface area (Å²) >= 11 is 1.47. The van der Waals surface area contributed by atoms with Gasteiger partial charge in [-0.25, -0.2) is 5.14 Å². The summed E-state index contributed by atoms with van der Waals surface area (Å²) in [6.07, 6.45) is 2.45. The van der Waals surface area contributed by atoms with E-state index >= 15 is 0 Å². The lowest BCUT2D eigenvalue weighted by atomic mass is 9.85. The molecule has 164 valence electrons. The minimum atomic E-state index is -3.79. The predicted molar refractivity (Wildman–Crippen MR) is 123 cm³/mol. The molecule has 1 aliphatic rings. The third-order valence-corrected chi connectivity index (χ3v) is 6.71. The number of nitrogens with zero attached hydrogens (tertiary/aromatic N) is 2. The molecule has 1 aromatic heterocycles. The number of anilines is 1. The van der Waals surface area contributed by atoms with Gasteiger partial charge in [0.2, 0.25) is 0 Å². The Bertz CT molecular complexity index is 1210. The van der Waals surface area contributed by atoms with Crippen LogP contribution in [0.4, 0.5) is 5.69 Å². The summed E-state index contributed by atoms with van der Waals surface area (Å²) in [5.41, 5.74) is 10.6. The molecule has 1 unspecified atom stereocenters. The second kappa shape index (κ2) is 8.54. The minimum Gasteiger partial charge on any atom is -0.489 e. The molecule has 0 bridgehead atoms. The van der Waals surface area contributed by atoms with Gasteiger partial charge in [0, 0.05) is 17.2 Å². The Hall–Kier alpha value is -2.53. The van der Waals surface area contributed by atoms with Crippen molar-refractivity contribution in [3.63, 3.8) is 0 Å². The highest BCUT2D eigenvalue weighted by Crippen LogP contribution is 2.39. The van der Waals surface area contributed by atoms with Gasteiger partial charge in [-0.15, -0.1) is 10.2 Å². The molecule has 10 heteroatoms. The van der Waals surface area contributed by atoms with Crippen LogP contribution in [0.5, 0.6) is 5.75 Å². The maximum Gasteiger partial charge on any atom is 0.274 e. The Balaban J connectivity index is 1.66. The van der Waals surface area contributed by atoms with Crippen molar-refractivity contribution >= 4 is 27.2 Å². The summed E-state index contributed by atoms with van der Waals surface area (Å²) in [6.45, 7) is 3.90. The van der Waals surface area contributed by atoms with Gasteiger partial charge >= 0.3 is 0 Å². The molecule has 0 spiro atoms. The first-order valence-electron chi connectivity index (χ1n) is 10.0. The molecular formula is C21H25N5O3S2. The fourth-order valence-electron chi connectivity index (χ4n) is 3.86. The van der Waals surface area contributed by atoms with E-state index in [1.165, 1.54) is 11.3 Å². The summed E-state index contributed by atoms with van der Waals surface area (Å²) < 4.78 is 31.4. The highest BCUT2D eigenvalue weighted by atomic mass is 32.2. The molecule has 1 atom stereocenters. The van der Waals surface area contributed by atoms with Crippen molar-refractivity contribution in [1.82, 2.24) is 14.9 Å². The largest absolute Gasteiger partial charge is 0.489 e. The molecule has 1 aliphatic carbocycles. The number of aromatic nitrogens is 2. The highest BCUT2D eigenvalue weighted by molar-refractivity contribution is 7.87. The number of hydrogen-bond acceptors (Lipinski definition) is 7. The van der Waals surface area contributed by atoms with Gasteiger partial charge < -0.3 is 10.5 Å². The Kier molecular flexibility index (Phi) is 5.98. The van der Waals surface area contributed by atoms with Crippen LogP contribution in [-0.2, 0) is 16.6 Å². The third-order valence-electron chi connectivity index (χ3n) is 5.09. The zero-order chi connectivity index (χ0) is 22.2. The molecule has 0 fully saturated rings. The van der Waals surface area contributed by atoms with Gasteiger partial charge in [0.1, 0.15) is 15.8 Å². The van der Waals surface area contributed by atoms with Crippen LogP contribution in [0.3, 0.4) is 0 Å². The van der Waals surface area contributed by atoms with Crippen LogP contribution in [0.1, 0.15) is 43.9 Å². The van der Waals surface area contributed by atoms with Crippen LogP contribution < -0.4 is 20.3 Å². The second-order valence-corrected chi connectivity index (χ2v) is 10.1. The number of nitrogens with two attached hydrogens (primary N) is 2. The number of nitrogen functional groups attached to an aromatic ring is 1. The summed E-state index contributed by atoms with van der Waals surface area (Å²) in [6, 6.07) is 11.1. The molecule has 5 N–H and O–H groups in total. The smallest absolute Gasteiger partial charge is 0.274 e. The van der Waals surface area contributed by atoms with Crippen molar-refractivity contribution in [1.29, 1.82) is 0 Å². The number of rotatable bonds is 6. The van der Waals surface area contributed by atoms with Crippen molar-refractivity contribution in [3.8, 4) is 26.9 Å². The number of benzene rings is 2. The minimum absolute atomic E-state index is 0.0399. The van der Waals surface area contributed by atoms with Crippen LogP contribution in [-0.4, -0.2) is 24.7 Å². The maximum absolute atomic E-state index is 11.6. The third kappa shape index (κ3) is 4.87.